The third kappa shape index (κ3) is 3.13. The topological polar surface area (TPSA) is 15.3 Å². The first-order chi connectivity index (χ1) is 7.98. The molecule has 2 aliphatic rings. The summed E-state index contributed by atoms with van der Waals surface area (Å²) in [4.78, 5) is 2.07. The van der Waals surface area contributed by atoms with Gasteiger partial charge in [0.1, 0.15) is 0 Å². The van der Waals surface area contributed by atoms with Crippen molar-refractivity contribution >= 4 is 0 Å². The monoisotopic (exact) mass is 250 g/mol. The van der Waals surface area contributed by atoms with E-state index in [9.17, 15) is 13.2 Å². The molecule has 1 N–H and O–H groups in total. The summed E-state index contributed by atoms with van der Waals surface area (Å²) in [6.45, 7) is 3.84. The Kier molecular flexibility index (Phi) is 3.98. The largest absolute Gasteiger partial charge is 0.394 e. The van der Waals surface area contributed by atoms with E-state index in [1.54, 1.807) is 0 Å². The Morgan fingerprint density at radius 3 is 2.59 bits per heavy atom. The summed E-state index contributed by atoms with van der Waals surface area (Å²) < 4.78 is 38.4. The Labute approximate surface area is 101 Å². The lowest BCUT2D eigenvalue weighted by atomic mass is 10.0. The summed E-state index contributed by atoms with van der Waals surface area (Å²) in [5.41, 5.74) is 0. The number of halogens is 3. The van der Waals surface area contributed by atoms with Crippen molar-refractivity contribution in [3.05, 3.63) is 0 Å². The molecule has 2 nitrogen and oxygen atoms in total. The fourth-order valence-corrected chi connectivity index (χ4v) is 3.13. The van der Waals surface area contributed by atoms with Gasteiger partial charge in [-0.25, -0.2) is 0 Å². The maximum absolute atomic E-state index is 12.8. The van der Waals surface area contributed by atoms with Crippen molar-refractivity contribution in [2.75, 3.05) is 26.2 Å². The summed E-state index contributed by atoms with van der Waals surface area (Å²) in [5, 5.41) is 2.91. The van der Waals surface area contributed by atoms with E-state index < -0.39 is 12.1 Å². The molecule has 0 spiro atoms. The van der Waals surface area contributed by atoms with Crippen molar-refractivity contribution in [3.63, 3.8) is 0 Å². The van der Waals surface area contributed by atoms with E-state index in [4.69, 9.17) is 0 Å². The summed E-state index contributed by atoms with van der Waals surface area (Å²) in [6.07, 6.45) is -0.694. The van der Waals surface area contributed by atoms with Crippen LogP contribution in [0.15, 0.2) is 0 Å². The Morgan fingerprint density at radius 2 is 2.00 bits per heavy atom. The van der Waals surface area contributed by atoms with Gasteiger partial charge in [-0.15, -0.1) is 0 Å². The predicted molar refractivity (Wildman–Crippen MR) is 60.8 cm³/mol. The molecule has 0 aromatic rings. The fraction of sp³-hybridized carbons (Fsp3) is 1.00. The van der Waals surface area contributed by atoms with Crippen LogP contribution in [0.25, 0.3) is 0 Å². The van der Waals surface area contributed by atoms with Crippen LogP contribution in [0.4, 0.5) is 13.2 Å². The summed E-state index contributed by atoms with van der Waals surface area (Å²) in [5.74, 6) is -0.667. The van der Waals surface area contributed by atoms with E-state index in [2.05, 4.69) is 17.1 Å². The molecule has 2 rings (SSSR count). The minimum atomic E-state index is -4.07. The Bertz CT molecular complexity index is 255. The van der Waals surface area contributed by atoms with Gasteiger partial charge in [0.2, 0.25) is 0 Å². The molecule has 3 atom stereocenters. The summed E-state index contributed by atoms with van der Waals surface area (Å²) in [6, 6.07) is 0.361. The van der Waals surface area contributed by atoms with Crippen LogP contribution in [-0.2, 0) is 0 Å². The third-order valence-electron chi connectivity index (χ3n) is 4.17. The highest BCUT2D eigenvalue weighted by molar-refractivity contribution is 4.87. The number of hydrogen-bond acceptors (Lipinski definition) is 2. The third-order valence-corrected chi connectivity index (χ3v) is 4.17. The van der Waals surface area contributed by atoms with E-state index in [-0.39, 0.29) is 13.1 Å². The molecule has 0 aromatic carbocycles. The van der Waals surface area contributed by atoms with E-state index >= 15 is 0 Å². The Hall–Kier alpha value is -0.290. The highest BCUT2D eigenvalue weighted by atomic mass is 19.4. The van der Waals surface area contributed by atoms with Gasteiger partial charge in [0.15, 0.2) is 0 Å². The minimum absolute atomic E-state index is 0.0705. The van der Waals surface area contributed by atoms with Gasteiger partial charge < -0.3 is 5.32 Å². The molecule has 1 saturated heterocycles. The van der Waals surface area contributed by atoms with E-state index in [1.807, 2.05) is 0 Å². The van der Waals surface area contributed by atoms with Crippen LogP contribution in [0.2, 0.25) is 0 Å². The van der Waals surface area contributed by atoms with Crippen LogP contribution in [0.1, 0.15) is 26.2 Å². The average Bonchev–Trinajstić information content (AvgIpc) is 2.53. The van der Waals surface area contributed by atoms with Crippen molar-refractivity contribution in [1.82, 2.24) is 10.2 Å². The Balaban J connectivity index is 2.02. The molecule has 1 aliphatic carbocycles. The molecule has 2 fully saturated rings. The van der Waals surface area contributed by atoms with Crippen LogP contribution in [0.5, 0.6) is 0 Å². The van der Waals surface area contributed by atoms with Gasteiger partial charge in [0.05, 0.1) is 5.92 Å². The molecule has 0 radical (unpaired) electrons. The second-order valence-corrected chi connectivity index (χ2v) is 5.41. The number of hydrogen-bond donors (Lipinski definition) is 1. The minimum Gasteiger partial charge on any atom is -0.315 e. The number of nitrogens with zero attached hydrogens (tertiary/aromatic N) is 1. The van der Waals surface area contributed by atoms with Gasteiger partial charge in [-0.2, -0.15) is 13.2 Å². The molecule has 0 bridgehead atoms. The normalized spacial score (nSPS) is 37.1. The standard InChI is InChI=1S/C12H21F3N2/c1-9-3-2-4-11(9)17-6-5-16-7-10(8-17)12(13,14)15/h9-11,16H,2-8H2,1H3. The molecular weight excluding hydrogens is 229 g/mol. The lowest BCUT2D eigenvalue weighted by molar-refractivity contribution is -0.177. The van der Waals surface area contributed by atoms with Crippen LogP contribution >= 0.6 is 0 Å². The predicted octanol–water partition coefficient (Wildman–Crippen LogP) is 2.26. The zero-order valence-electron chi connectivity index (χ0n) is 10.3. The van der Waals surface area contributed by atoms with E-state index in [0.717, 1.165) is 25.8 Å². The van der Waals surface area contributed by atoms with Crippen molar-refractivity contribution in [3.8, 4) is 0 Å². The zero-order valence-corrected chi connectivity index (χ0v) is 10.3. The lowest BCUT2D eigenvalue weighted by Gasteiger charge is -2.32. The number of rotatable bonds is 1. The summed E-state index contributed by atoms with van der Waals surface area (Å²) in [7, 11) is 0. The second kappa shape index (κ2) is 5.14. The molecule has 0 amide bonds. The van der Waals surface area contributed by atoms with Gasteiger partial charge in [0.25, 0.3) is 0 Å². The number of nitrogens with one attached hydrogen (secondary N) is 1. The van der Waals surface area contributed by atoms with Crippen molar-refractivity contribution < 1.29 is 13.2 Å². The first-order valence-electron chi connectivity index (χ1n) is 6.50. The van der Waals surface area contributed by atoms with Crippen LogP contribution in [0.3, 0.4) is 0 Å². The number of alkyl halides is 3. The maximum Gasteiger partial charge on any atom is 0.394 e. The molecule has 0 aromatic heterocycles. The van der Waals surface area contributed by atoms with Crippen molar-refractivity contribution in [2.45, 2.75) is 38.4 Å². The van der Waals surface area contributed by atoms with Gasteiger partial charge in [-0.1, -0.05) is 13.3 Å². The molecule has 100 valence electrons. The maximum atomic E-state index is 12.8. The summed E-state index contributed by atoms with van der Waals surface area (Å²) >= 11 is 0. The van der Waals surface area contributed by atoms with E-state index in [1.165, 1.54) is 0 Å². The molecule has 3 unspecified atom stereocenters. The molecular formula is C12H21F3N2. The Morgan fingerprint density at radius 1 is 1.24 bits per heavy atom. The quantitative estimate of drug-likeness (QED) is 0.768. The van der Waals surface area contributed by atoms with Gasteiger partial charge >= 0.3 is 6.18 Å². The van der Waals surface area contributed by atoms with Crippen LogP contribution in [-0.4, -0.2) is 43.3 Å². The molecule has 5 heteroatoms. The SMILES string of the molecule is CC1CCCC1N1CCNCC(C(F)(F)F)C1. The average molecular weight is 250 g/mol. The van der Waals surface area contributed by atoms with Crippen LogP contribution < -0.4 is 5.32 Å². The first-order valence-corrected chi connectivity index (χ1v) is 6.50. The van der Waals surface area contributed by atoms with Crippen LogP contribution in [0, 0.1) is 11.8 Å². The highest BCUT2D eigenvalue weighted by Crippen LogP contribution is 2.33. The van der Waals surface area contributed by atoms with Crippen molar-refractivity contribution in [2.24, 2.45) is 11.8 Å². The zero-order chi connectivity index (χ0) is 12.5. The fourth-order valence-electron chi connectivity index (χ4n) is 3.13. The van der Waals surface area contributed by atoms with Gasteiger partial charge in [-0.3, -0.25) is 4.90 Å². The van der Waals surface area contributed by atoms with E-state index in [0.29, 0.717) is 18.5 Å². The molecule has 1 saturated carbocycles. The first kappa shape index (κ1) is 13.1. The molecule has 1 heterocycles. The van der Waals surface area contributed by atoms with Gasteiger partial charge in [-0.05, 0) is 18.8 Å². The second-order valence-electron chi connectivity index (χ2n) is 5.41. The molecule has 1 aliphatic heterocycles. The molecule has 17 heavy (non-hydrogen) atoms. The lowest BCUT2D eigenvalue weighted by Crippen LogP contribution is -2.43. The highest BCUT2D eigenvalue weighted by Gasteiger charge is 2.42. The van der Waals surface area contributed by atoms with Gasteiger partial charge in [0, 0.05) is 32.2 Å². The smallest absolute Gasteiger partial charge is 0.315 e. The van der Waals surface area contributed by atoms with Crippen molar-refractivity contribution in [1.29, 1.82) is 0 Å².